The van der Waals surface area contributed by atoms with Crippen molar-refractivity contribution in [3.8, 4) is 0 Å². The van der Waals surface area contributed by atoms with E-state index in [0.29, 0.717) is 6.61 Å². The van der Waals surface area contributed by atoms with Crippen molar-refractivity contribution in [2.24, 2.45) is 0 Å². The van der Waals surface area contributed by atoms with Crippen LogP contribution in [-0.2, 0) is 14.2 Å². The Hall–Kier alpha value is -0.420. The molecule has 2 aliphatic rings. The maximum absolute atomic E-state index is 8.75. The Bertz CT molecular complexity index is 234. The minimum Gasteiger partial charge on any atom is -0.392 e. The van der Waals surface area contributed by atoms with E-state index in [2.05, 4.69) is 0 Å². The lowest BCUT2D eigenvalue weighted by atomic mass is 10.2. The van der Waals surface area contributed by atoms with E-state index in [1.807, 2.05) is 13.8 Å². The third kappa shape index (κ3) is 1.62. The number of fused-ring (bicyclic) bond motifs is 1. The second kappa shape index (κ2) is 3.06. The van der Waals surface area contributed by atoms with Crippen LogP contribution in [0.25, 0.3) is 0 Å². The zero-order valence-electron chi connectivity index (χ0n) is 7.82. The summed E-state index contributed by atoms with van der Waals surface area (Å²) >= 11 is 0. The molecule has 74 valence electrons. The van der Waals surface area contributed by atoms with Gasteiger partial charge in [0.25, 0.3) is 0 Å². The van der Waals surface area contributed by atoms with E-state index in [-0.39, 0.29) is 19.0 Å². The van der Waals surface area contributed by atoms with Crippen molar-refractivity contribution in [3.63, 3.8) is 0 Å². The van der Waals surface area contributed by atoms with E-state index in [0.717, 1.165) is 5.57 Å². The van der Waals surface area contributed by atoms with Gasteiger partial charge in [-0.25, -0.2) is 0 Å². The summed E-state index contributed by atoms with van der Waals surface area (Å²) in [5.74, 6) is -0.579. The SMILES string of the molecule is CC1(C)O[C@H]2OC/C(=C/CO)[C@H]2O1. The van der Waals surface area contributed by atoms with Gasteiger partial charge in [0.1, 0.15) is 6.10 Å². The molecule has 4 nitrogen and oxygen atoms in total. The highest BCUT2D eigenvalue weighted by Crippen LogP contribution is 2.36. The second-order valence-electron chi connectivity index (χ2n) is 3.70. The number of aliphatic hydroxyl groups is 1. The number of aliphatic hydroxyl groups excluding tert-OH is 1. The van der Waals surface area contributed by atoms with Crippen molar-refractivity contribution in [2.75, 3.05) is 13.2 Å². The second-order valence-corrected chi connectivity index (χ2v) is 3.70. The average molecular weight is 186 g/mol. The molecule has 0 saturated carbocycles. The van der Waals surface area contributed by atoms with E-state index in [4.69, 9.17) is 19.3 Å². The quantitative estimate of drug-likeness (QED) is 0.603. The Labute approximate surface area is 77.1 Å². The van der Waals surface area contributed by atoms with E-state index < -0.39 is 5.79 Å². The molecule has 13 heavy (non-hydrogen) atoms. The largest absolute Gasteiger partial charge is 0.392 e. The molecule has 0 aliphatic carbocycles. The first kappa shape index (κ1) is 9.15. The van der Waals surface area contributed by atoms with Crippen LogP contribution in [0.4, 0.5) is 0 Å². The zero-order valence-corrected chi connectivity index (χ0v) is 7.82. The Morgan fingerprint density at radius 3 is 3.00 bits per heavy atom. The molecule has 2 rings (SSSR count). The van der Waals surface area contributed by atoms with Crippen LogP contribution in [-0.4, -0.2) is 36.5 Å². The summed E-state index contributed by atoms with van der Waals surface area (Å²) in [6.45, 7) is 4.22. The molecular weight excluding hydrogens is 172 g/mol. The third-order valence-corrected chi connectivity index (χ3v) is 2.19. The lowest BCUT2D eigenvalue weighted by Crippen LogP contribution is -2.23. The van der Waals surface area contributed by atoms with Gasteiger partial charge in [0.15, 0.2) is 12.1 Å². The highest BCUT2D eigenvalue weighted by atomic mass is 16.8. The fourth-order valence-corrected chi connectivity index (χ4v) is 1.66. The van der Waals surface area contributed by atoms with Gasteiger partial charge in [-0.15, -0.1) is 0 Å². The van der Waals surface area contributed by atoms with E-state index in [9.17, 15) is 0 Å². The van der Waals surface area contributed by atoms with Crippen LogP contribution >= 0.6 is 0 Å². The summed E-state index contributed by atoms with van der Waals surface area (Å²) in [5, 5.41) is 8.75. The molecule has 0 radical (unpaired) electrons. The van der Waals surface area contributed by atoms with Gasteiger partial charge in [-0.2, -0.15) is 0 Å². The maximum atomic E-state index is 8.75. The van der Waals surface area contributed by atoms with E-state index >= 15 is 0 Å². The molecule has 0 aromatic heterocycles. The van der Waals surface area contributed by atoms with Crippen LogP contribution in [0, 0.1) is 0 Å². The molecule has 0 aromatic rings. The summed E-state index contributed by atoms with van der Waals surface area (Å²) in [4.78, 5) is 0. The fraction of sp³-hybridized carbons (Fsp3) is 0.778. The highest BCUT2D eigenvalue weighted by Gasteiger charge is 2.47. The monoisotopic (exact) mass is 186 g/mol. The molecule has 4 heteroatoms. The lowest BCUT2D eigenvalue weighted by molar-refractivity contribution is -0.189. The molecule has 0 unspecified atom stereocenters. The Morgan fingerprint density at radius 2 is 2.31 bits per heavy atom. The molecule has 2 aliphatic heterocycles. The van der Waals surface area contributed by atoms with Crippen molar-refractivity contribution in [3.05, 3.63) is 11.6 Å². The van der Waals surface area contributed by atoms with Gasteiger partial charge < -0.3 is 19.3 Å². The third-order valence-electron chi connectivity index (χ3n) is 2.19. The standard InChI is InChI=1S/C9H14O4/c1-9(2)12-7-6(3-4-10)5-11-8(7)13-9/h3,7-8,10H,4-5H2,1-2H3/b6-3-/t7-,8-/m1/s1. The molecule has 0 spiro atoms. The topological polar surface area (TPSA) is 47.9 Å². The average Bonchev–Trinajstić information content (AvgIpc) is 2.48. The van der Waals surface area contributed by atoms with Gasteiger partial charge in [-0.3, -0.25) is 0 Å². The van der Waals surface area contributed by atoms with E-state index in [1.54, 1.807) is 6.08 Å². The normalized spacial score (nSPS) is 39.8. The Morgan fingerprint density at radius 1 is 1.54 bits per heavy atom. The summed E-state index contributed by atoms with van der Waals surface area (Å²) in [6, 6.07) is 0. The molecule has 0 aromatic carbocycles. The summed E-state index contributed by atoms with van der Waals surface area (Å²) in [6.07, 6.45) is 1.28. The summed E-state index contributed by atoms with van der Waals surface area (Å²) in [7, 11) is 0. The van der Waals surface area contributed by atoms with Crippen LogP contribution in [0.5, 0.6) is 0 Å². The first-order chi connectivity index (χ1) is 6.12. The molecule has 2 saturated heterocycles. The van der Waals surface area contributed by atoms with Crippen molar-refractivity contribution < 1.29 is 19.3 Å². The number of rotatable bonds is 1. The molecule has 0 bridgehead atoms. The lowest BCUT2D eigenvalue weighted by Gasteiger charge is -2.17. The maximum Gasteiger partial charge on any atom is 0.191 e. The molecule has 2 atom stereocenters. The van der Waals surface area contributed by atoms with Gasteiger partial charge in [-0.1, -0.05) is 6.08 Å². The Kier molecular flexibility index (Phi) is 2.15. The predicted molar refractivity (Wildman–Crippen MR) is 44.9 cm³/mol. The molecule has 2 heterocycles. The number of hydrogen-bond acceptors (Lipinski definition) is 4. The van der Waals surface area contributed by atoms with Crippen LogP contribution in [0.3, 0.4) is 0 Å². The van der Waals surface area contributed by atoms with Crippen LogP contribution < -0.4 is 0 Å². The molecule has 1 N–H and O–H groups in total. The van der Waals surface area contributed by atoms with Crippen molar-refractivity contribution in [1.82, 2.24) is 0 Å². The number of ether oxygens (including phenoxy) is 3. The smallest absolute Gasteiger partial charge is 0.191 e. The first-order valence-corrected chi connectivity index (χ1v) is 4.39. The molecule has 2 fully saturated rings. The van der Waals surface area contributed by atoms with Gasteiger partial charge >= 0.3 is 0 Å². The van der Waals surface area contributed by atoms with Gasteiger partial charge in [-0.05, 0) is 19.4 Å². The highest BCUT2D eigenvalue weighted by molar-refractivity contribution is 5.16. The predicted octanol–water partition coefficient (Wildman–Crippen LogP) is 0.413. The molecule has 0 amide bonds. The summed E-state index contributed by atoms with van der Waals surface area (Å²) < 4.78 is 16.4. The Balaban J connectivity index is 2.12. The van der Waals surface area contributed by atoms with Crippen molar-refractivity contribution in [1.29, 1.82) is 0 Å². The molecular formula is C9H14O4. The minimum atomic E-state index is -0.579. The van der Waals surface area contributed by atoms with Gasteiger partial charge in [0, 0.05) is 0 Å². The fourth-order valence-electron chi connectivity index (χ4n) is 1.66. The summed E-state index contributed by atoms with van der Waals surface area (Å²) in [5.41, 5.74) is 0.970. The minimum absolute atomic E-state index is 0.0195. The van der Waals surface area contributed by atoms with Crippen LogP contribution in [0.15, 0.2) is 11.6 Å². The van der Waals surface area contributed by atoms with Crippen LogP contribution in [0.2, 0.25) is 0 Å². The zero-order chi connectivity index (χ0) is 9.47. The first-order valence-electron chi connectivity index (χ1n) is 4.39. The van der Waals surface area contributed by atoms with Gasteiger partial charge in [0.05, 0.1) is 13.2 Å². The van der Waals surface area contributed by atoms with E-state index in [1.165, 1.54) is 0 Å². The van der Waals surface area contributed by atoms with Crippen molar-refractivity contribution >= 4 is 0 Å². The van der Waals surface area contributed by atoms with Crippen molar-refractivity contribution in [2.45, 2.75) is 32.0 Å². The van der Waals surface area contributed by atoms with Crippen LogP contribution in [0.1, 0.15) is 13.8 Å². The number of hydrogen-bond donors (Lipinski definition) is 1. The van der Waals surface area contributed by atoms with Gasteiger partial charge in [0.2, 0.25) is 0 Å².